The van der Waals surface area contributed by atoms with E-state index in [-0.39, 0.29) is 17.2 Å². The summed E-state index contributed by atoms with van der Waals surface area (Å²) < 4.78 is 29.8. The van der Waals surface area contributed by atoms with Crippen LogP contribution in [0.2, 0.25) is 0 Å². The van der Waals surface area contributed by atoms with Crippen molar-refractivity contribution < 1.29 is 8.78 Å². The van der Waals surface area contributed by atoms with Gasteiger partial charge in [0.15, 0.2) is 5.65 Å². The Morgan fingerprint density at radius 2 is 1.95 bits per heavy atom. The molecule has 102 valence electrons. The third-order valence-electron chi connectivity index (χ3n) is 2.96. The first-order valence-corrected chi connectivity index (χ1v) is 6.52. The predicted octanol–water partition coefficient (Wildman–Crippen LogP) is 3.35. The maximum Gasteiger partial charge on any atom is 0.207 e. The van der Waals surface area contributed by atoms with E-state index in [2.05, 4.69) is 25.9 Å². The van der Waals surface area contributed by atoms with Gasteiger partial charge < -0.3 is 5.73 Å². The summed E-state index contributed by atoms with van der Waals surface area (Å²) in [4.78, 5) is 8.26. The summed E-state index contributed by atoms with van der Waals surface area (Å²) >= 11 is 3.27. The molecule has 0 saturated carbocycles. The quantitative estimate of drug-likeness (QED) is 0.740. The Labute approximate surface area is 121 Å². The van der Waals surface area contributed by atoms with Gasteiger partial charge in [-0.2, -0.15) is 0 Å². The number of aromatic nitrogens is 3. The number of imidazole rings is 1. The molecule has 0 radical (unpaired) electrons. The van der Waals surface area contributed by atoms with Gasteiger partial charge in [-0.25, -0.2) is 18.7 Å². The number of rotatable bonds is 1. The van der Waals surface area contributed by atoms with E-state index in [0.717, 1.165) is 16.6 Å². The monoisotopic (exact) mass is 338 g/mol. The second-order valence-corrected chi connectivity index (χ2v) is 5.27. The van der Waals surface area contributed by atoms with Crippen molar-refractivity contribution in [1.82, 2.24) is 14.5 Å². The molecule has 2 heterocycles. The van der Waals surface area contributed by atoms with Crippen LogP contribution in [-0.2, 0) is 0 Å². The molecule has 7 heteroatoms. The summed E-state index contributed by atoms with van der Waals surface area (Å²) in [6.07, 6.45) is 1.54. The molecule has 0 unspecified atom stereocenters. The molecule has 3 aromatic rings. The van der Waals surface area contributed by atoms with Crippen molar-refractivity contribution in [2.24, 2.45) is 0 Å². The van der Waals surface area contributed by atoms with Crippen LogP contribution >= 0.6 is 15.9 Å². The summed E-state index contributed by atoms with van der Waals surface area (Å²) in [6.45, 7) is 1.49. The second-order valence-electron chi connectivity index (χ2n) is 4.35. The van der Waals surface area contributed by atoms with Gasteiger partial charge in [-0.1, -0.05) is 0 Å². The van der Waals surface area contributed by atoms with Crippen molar-refractivity contribution in [3.63, 3.8) is 0 Å². The summed E-state index contributed by atoms with van der Waals surface area (Å²) in [5, 5.41) is 0. The van der Waals surface area contributed by atoms with Gasteiger partial charge in [-0.15, -0.1) is 0 Å². The highest BCUT2D eigenvalue weighted by Gasteiger charge is 2.16. The molecule has 0 aliphatic rings. The third-order valence-corrected chi connectivity index (χ3v) is 3.39. The molecule has 0 bridgehead atoms. The smallest absolute Gasteiger partial charge is 0.207 e. The van der Waals surface area contributed by atoms with Crippen molar-refractivity contribution in [1.29, 1.82) is 0 Å². The number of nitrogen functional groups attached to an aromatic ring is 1. The lowest BCUT2D eigenvalue weighted by Crippen LogP contribution is -2.05. The Balaban J connectivity index is 2.35. The van der Waals surface area contributed by atoms with Crippen LogP contribution in [0.1, 0.15) is 5.56 Å². The van der Waals surface area contributed by atoms with Gasteiger partial charge in [-0.05, 0) is 40.5 Å². The number of benzene rings is 1. The molecule has 0 atom stereocenters. The molecule has 3 rings (SSSR count). The summed E-state index contributed by atoms with van der Waals surface area (Å²) in [5.74, 6) is -1.05. The molecule has 20 heavy (non-hydrogen) atoms. The first-order chi connectivity index (χ1) is 9.47. The Bertz CT molecular complexity index is 829. The van der Waals surface area contributed by atoms with Crippen molar-refractivity contribution in [2.75, 3.05) is 5.73 Å². The van der Waals surface area contributed by atoms with Crippen LogP contribution in [0, 0.1) is 18.6 Å². The first-order valence-electron chi connectivity index (χ1n) is 5.73. The number of aryl methyl sites for hydroxylation is 1. The lowest BCUT2D eigenvalue weighted by Gasteiger charge is -2.08. The molecule has 0 amide bonds. The van der Waals surface area contributed by atoms with E-state index >= 15 is 0 Å². The molecule has 2 N–H and O–H groups in total. The number of fused-ring (bicyclic) bond motifs is 1. The molecule has 4 nitrogen and oxygen atoms in total. The van der Waals surface area contributed by atoms with E-state index in [1.807, 2.05) is 0 Å². The minimum absolute atomic E-state index is 0.0112. The zero-order chi connectivity index (χ0) is 14.4. The maximum atomic E-state index is 14.1. The number of pyridine rings is 1. The van der Waals surface area contributed by atoms with Crippen molar-refractivity contribution in [2.45, 2.75) is 6.92 Å². The van der Waals surface area contributed by atoms with Crippen LogP contribution in [-0.4, -0.2) is 14.5 Å². The van der Waals surface area contributed by atoms with Crippen molar-refractivity contribution in [3.8, 4) is 5.69 Å². The van der Waals surface area contributed by atoms with Gasteiger partial charge in [0.1, 0.15) is 17.2 Å². The number of nitrogens with zero attached hydrogens (tertiary/aromatic N) is 3. The Hall–Kier alpha value is -2.02. The van der Waals surface area contributed by atoms with Gasteiger partial charge in [0, 0.05) is 16.7 Å². The largest absolute Gasteiger partial charge is 0.369 e. The van der Waals surface area contributed by atoms with E-state index in [1.54, 1.807) is 12.3 Å². The van der Waals surface area contributed by atoms with Gasteiger partial charge in [-0.3, -0.25) is 4.57 Å². The molecule has 1 aromatic carbocycles. The summed E-state index contributed by atoms with van der Waals surface area (Å²) in [7, 11) is 0. The van der Waals surface area contributed by atoms with Gasteiger partial charge >= 0.3 is 0 Å². The Kier molecular flexibility index (Phi) is 2.93. The highest BCUT2D eigenvalue weighted by molar-refractivity contribution is 9.10. The number of anilines is 1. The fourth-order valence-electron chi connectivity index (χ4n) is 2.00. The van der Waals surface area contributed by atoms with Gasteiger partial charge in [0.2, 0.25) is 5.95 Å². The van der Waals surface area contributed by atoms with Crippen molar-refractivity contribution in [3.05, 3.63) is 46.1 Å². The van der Waals surface area contributed by atoms with Crippen LogP contribution in [0.15, 0.2) is 28.9 Å². The maximum absolute atomic E-state index is 14.1. The minimum Gasteiger partial charge on any atom is -0.369 e. The molecule has 0 aliphatic carbocycles. The number of hydrogen-bond donors (Lipinski definition) is 1. The Morgan fingerprint density at radius 3 is 2.70 bits per heavy atom. The van der Waals surface area contributed by atoms with E-state index < -0.39 is 11.6 Å². The number of hydrogen-bond acceptors (Lipinski definition) is 3. The summed E-state index contributed by atoms with van der Waals surface area (Å²) in [6, 6.07) is 3.91. The standard InChI is InChI=1S/C13H9BrF2N4/c1-6-2-9(16)11(4-8(6)15)20-12-10(19-13(20)17)3-7(14)5-18-12/h2-5H,1H3,(H2,17,19). The molecule has 2 aromatic heterocycles. The van der Waals surface area contributed by atoms with Crippen LogP contribution in [0.5, 0.6) is 0 Å². The molecular formula is C13H9BrF2N4. The van der Waals surface area contributed by atoms with Crippen LogP contribution in [0.3, 0.4) is 0 Å². The predicted molar refractivity (Wildman–Crippen MR) is 75.6 cm³/mol. The fourth-order valence-corrected chi connectivity index (χ4v) is 2.32. The molecule has 0 fully saturated rings. The number of nitrogens with two attached hydrogens (primary N) is 1. The highest BCUT2D eigenvalue weighted by atomic mass is 79.9. The third kappa shape index (κ3) is 1.94. The van der Waals surface area contributed by atoms with Crippen LogP contribution < -0.4 is 5.73 Å². The van der Waals surface area contributed by atoms with Gasteiger partial charge in [0.05, 0.1) is 5.69 Å². The SMILES string of the molecule is Cc1cc(F)c(-n2c(N)nc3cc(Br)cnc32)cc1F. The van der Waals surface area contributed by atoms with Crippen molar-refractivity contribution >= 4 is 33.0 Å². The van der Waals surface area contributed by atoms with Crippen LogP contribution in [0.25, 0.3) is 16.9 Å². The van der Waals surface area contributed by atoms with E-state index in [1.165, 1.54) is 11.5 Å². The second kappa shape index (κ2) is 4.52. The molecule has 0 aliphatic heterocycles. The Morgan fingerprint density at radius 1 is 1.20 bits per heavy atom. The zero-order valence-corrected chi connectivity index (χ0v) is 11.9. The first kappa shape index (κ1) is 13.0. The normalized spacial score (nSPS) is 11.2. The minimum atomic E-state index is -0.584. The zero-order valence-electron chi connectivity index (χ0n) is 10.4. The fraction of sp³-hybridized carbons (Fsp3) is 0.0769. The average molecular weight is 339 g/mol. The van der Waals surface area contributed by atoms with Gasteiger partial charge in [0.25, 0.3) is 0 Å². The topological polar surface area (TPSA) is 56.7 Å². The van der Waals surface area contributed by atoms with Crippen LogP contribution in [0.4, 0.5) is 14.7 Å². The van der Waals surface area contributed by atoms with E-state index in [4.69, 9.17) is 5.73 Å². The lowest BCUT2D eigenvalue weighted by molar-refractivity contribution is 0.586. The van der Waals surface area contributed by atoms with E-state index in [0.29, 0.717) is 11.2 Å². The molecule has 0 saturated heterocycles. The molecular weight excluding hydrogens is 330 g/mol. The highest BCUT2D eigenvalue weighted by Crippen LogP contribution is 2.26. The number of halogens is 3. The molecule has 0 spiro atoms. The lowest BCUT2D eigenvalue weighted by atomic mass is 10.2. The summed E-state index contributed by atoms with van der Waals surface area (Å²) in [5.41, 5.74) is 6.88. The average Bonchev–Trinajstić information content (AvgIpc) is 2.69. The van der Waals surface area contributed by atoms with E-state index in [9.17, 15) is 8.78 Å².